The lowest BCUT2D eigenvalue weighted by molar-refractivity contribution is -0.141. The lowest BCUT2D eigenvalue weighted by Crippen LogP contribution is -2.22. The molecule has 2 aromatic carbocycles. The number of thiazole rings is 1. The molecular formula is C22H24N2O5S. The minimum Gasteiger partial charge on any atom is -0.493 e. The van der Waals surface area contributed by atoms with Crippen LogP contribution in [0.5, 0.6) is 11.5 Å². The van der Waals surface area contributed by atoms with E-state index in [1.54, 1.807) is 22.8 Å². The Balaban J connectivity index is 2.18. The van der Waals surface area contributed by atoms with Crippen molar-refractivity contribution in [2.75, 3.05) is 21.3 Å². The average Bonchev–Trinajstić information content (AvgIpc) is 3.08. The Morgan fingerprint density at radius 1 is 1.10 bits per heavy atom. The Labute approximate surface area is 178 Å². The van der Waals surface area contributed by atoms with Crippen molar-refractivity contribution in [1.29, 1.82) is 0 Å². The summed E-state index contributed by atoms with van der Waals surface area (Å²) in [7, 11) is 4.31. The van der Waals surface area contributed by atoms with Crippen LogP contribution < -0.4 is 14.3 Å². The first-order valence-electron chi connectivity index (χ1n) is 9.39. The molecule has 0 atom stereocenters. The number of amides is 1. The van der Waals surface area contributed by atoms with E-state index in [-0.39, 0.29) is 12.1 Å². The first-order valence-corrected chi connectivity index (χ1v) is 10.2. The summed E-state index contributed by atoms with van der Waals surface area (Å²) in [6.45, 7) is 4.18. The number of hydrogen-bond donors (Lipinski definition) is 0. The molecule has 3 rings (SSSR count). The van der Waals surface area contributed by atoms with Gasteiger partial charge >= 0.3 is 5.97 Å². The quantitative estimate of drug-likeness (QED) is 0.559. The van der Waals surface area contributed by atoms with Gasteiger partial charge in [-0.05, 0) is 35.7 Å². The van der Waals surface area contributed by atoms with Crippen molar-refractivity contribution in [2.45, 2.75) is 26.3 Å². The van der Waals surface area contributed by atoms with Crippen LogP contribution in [0.3, 0.4) is 0 Å². The molecule has 1 heterocycles. The van der Waals surface area contributed by atoms with Crippen molar-refractivity contribution < 1.29 is 23.8 Å². The first kappa shape index (κ1) is 21.6. The van der Waals surface area contributed by atoms with Gasteiger partial charge in [-0.15, -0.1) is 0 Å². The number of ether oxygens (including phenoxy) is 3. The van der Waals surface area contributed by atoms with E-state index >= 15 is 0 Å². The minimum atomic E-state index is -0.486. The van der Waals surface area contributed by atoms with Gasteiger partial charge in [0, 0.05) is 0 Å². The Bertz CT molecular complexity index is 1160. The summed E-state index contributed by atoms with van der Waals surface area (Å²) in [4.78, 5) is 29.7. The maximum absolute atomic E-state index is 13.0. The molecule has 0 bridgehead atoms. The Kier molecular flexibility index (Phi) is 6.56. The number of esters is 1. The number of rotatable bonds is 6. The molecule has 0 saturated carbocycles. The van der Waals surface area contributed by atoms with E-state index in [2.05, 4.69) is 24.9 Å². The number of nitrogens with zero attached hydrogens (tertiary/aromatic N) is 2. The molecule has 1 amide bonds. The van der Waals surface area contributed by atoms with E-state index in [0.717, 1.165) is 10.2 Å². The van der Waals surface area contributed by atoms with Gasteiger partial charge in [0.1, 0.15) is 6.54 Å². The van der Waals surface area contributed by atoms with E-state index in [0.29, 0.717) is 22.2 Å². The lowest BCUT2D eigenvalue weighted by atomic mass is 10.0. The van der Waals surface area contributed by atoms with Crippen LogP contribution in [-0.4, -0.2) is 37.8 Å². The van der Waals surface area contributed by atoms with Crippen LogP contribution in [0.15, 0.2) is 41.4 Å². The van der Waals surface area contributed by atoms with Gasteiger partial charge in [0.05, 0.1) is 37.1 Å². The van der Waals surface area contributed by atoms with Crippen LogP contribution in [-0.2, 0) is 16.1 Å². The number of aromatic nitrogens is 1. The van der Waals surface area contributed by atoms with Gasteiger partial charge in [-0.2, -0.15) is 4.99 Å². The van der Waals surface area contributed by atoms with Gasteiger partial charge < -0.3 is 18.8 Å². The van der Waals surface area contributed by atoms with Crippen molar-refractivity contribution in [1.82, 2.24) is 4.57 Å². The second-order valence-corrected chi connectivity index (χ2v) is 7.90. The molecule has 0 aliphatic carbocycles. The molecule has 0 unspecified atom stereocenters. The van der Waals surface area contributed by atoms with Crippen LogP contribution in [0, 0.1) is 0 Å². The number of carbonyl (C=O) groups is 2. The highest BCUT2D eigenvalue weighted by Crippen LogP contribution is 2.31. The molecule has 7 nitrogen and oxygen atoms in total. The molecule has 0 spiro atoms. The van der Waals surface area contributed by atoms with Crippen molar-refractivity contribution in [3.8, 4) is 11.5 Å². The van der Waals surface area contributed by atoms with E-state index < -0.39 is 11.9 Å². The fraction of sp³-hybridized carbons (Fsp3) is 0.318. The van der Waals surface area contributed by atoms with Gasteiger partial charge in [0.2, 0.25) is 0 Å². The Morgan fingerprint density at radius 3 is 2.50 bits per heavy atom. The number of para-hydroxylation sites is 1. The monoisotopic (exact) mass is 428 g/mol. The highest BCUT2D eigenvalue weighted by atomic mass is 32.1. The standard InChI is InChI=1S/C22H24N2O5S/c1-13(2)14-9-10-16-18(11-14)30-22(24(16)12-19(25)28-4)23-21(26)15-7-6-8-17(27-3)20(15)29-5/h6-11,13H,12H2,1-5H3. The Morgan fingerprint density at radius 2 is 1.87 bits per heavy atom. The van der Waals surface area contributed by atoms with Gasteiger partial charge in [-0.25, -0.2) is 0 Å². The number of carbonyl (C=O) groups excluding carboxylic acids is 2. The van der Waals surface area contributed by atoms with Gasteiger partial charge in [0.15, 0.2) is 16.3 Å². The average molecular weight is 429 g/mol. The van der Waals surface area contributed by atoms with E-state index in [1.165, 1.54) is 38.2 Å². The van der Waals surface area contributed by atoms with Crippen LogP contribution >= 0.6 is 11.3 Å². The molecule has 1 aromatic heterocycles. The lowest BCUT2D eigenvalue weighted by Gasteiger charge is -2.10. The zero-order chi connectivity index (χ0) is 21.8. The molecule has 0 N–H and O–H groups in total. The second-order valence-electron chi connectivity index (χ2n) is 6.89. The fourth-order valence-corrected chi connectivity index (χ4v) is 4.16. The summed E-state index contributed by atoms with van der Waals surface area (Å²) in [6, 6.07) is 11.1. The number of benzene rings is 2. The normalized spacial score (nSPS) is 11.7. The van der Waals surface area contributed by atoms with E-state index in [1.807, 2.05) is 12.1 Å². The summed E-state index contributed by atoms with van der Waals surface area (Å²) in [5.74, 6) is 0.208. The number of hydrogen-bond acceptors (Lipinski definition) is 6. The van der Waals surface area contributed by atoms with Crippen LogP contribution in [0.4, 0.5) is 0 Å². The molecule has 30 heavy (non-hydrogen) atoms. The summed E-state index contributed by atoms with van der Waals surface area (Å²) >= 11 is 1.35. The van der Waals surface area contributed by atoms with Crippen molar-refractivity contribution in [3.05, 3.63) is 52.3 Å². The van der Waals surface area contributed by atoms with Crippen LogP contribution in [0.2, 0.25) is 0 Å². The first-order chi connectivity index (χ1) is 14.4. The predicted octanol–water partition coefficient (Wildman–Crippen LogP) is 3.76. The maximum atomic E-state index is 13.0. The van der Waals surface area contributed by atoms with Gasteiger partial charge in [0.25, 0.3) is 5.91 Å². The third-order valence-corrected chi connectivity index (χ3v) is 5.76. The number of fused-ring (bicyclic) bond motifs is 1. The molecule has 8 heteroatoms. The number of methoxy groups -OCH3 is 3. The summed E-state index contributed by atoms with van der Waals surface area (Å²) in [5.41, 5.74) is 2.27. The SMILES string of the molecule is COC(=O)Cn1c(=NC(=O)c2cccc(OC)c2OC)sc2cc(C(C)C)ccc21. The summed E-state index contributed by atoms with van der Waals surface area (Å²) in [6.07, 6.45) is 0. The Hall–Kier alpha value is -3.13. The molecule has 3 aromatic rings. The molecule has 0 saturated heterocycles. The van der Waals surface area contributed by atoms with E-state index in [9.17, 15) is 9.59 Å². The third kappa shape index (κ3) is 4.23. The maximum Gasteiger partial charge on any atom is 0.325 e. The van der Waals surface area contributed by atoms with Crippen molar-refractivity contribution in [3.63, 3.8) is 0 Å². The van der Waals surface area contributed by atoms with Gasteiger partial charge in [-0.1, -0.05) is 37.3 Å². The van der Waals surface area contributed by atoms with Gasteiger partial charge in [-0.3, -0.25) is 9.59 Å². The molecular weight excluding hydrogens is 404 g/mol. The second kappa shape index (κ2) is 9.13. The van der Waals surface area contributed by atoms with Crippen LogP contribution in [0.1, 0.15) is 35.7 Å². The molecule has 0 radical (unpaired) electrons. The molecule has 0 aliphatic rings. The topological polar surface area (TPSA) is 79.1 Å². The van der Waals surface area contributed by atoms with E-state index in [4.69, 9.17) is 14.2 Å². The fourth-order valence-electron chi connectivity index (χ4n) is 3.08. The zero-order valence-electron chi connectivity index (χ0n) is 17.6. The summed E-state index contributed by atoms with van der Waals surface area (Å²) < 4.78 is 18.1. The largest absolute Gasteiger partial charge is 0.493 e. The summed E-state index contributed by atoms with van der Waals surface area (Å²) in [5, 5.41) is 0. The minimum absolute atomic E-state index is 0.0428. The van der Waals surface area contributed by atoms with Crippen molar-refractivity contribution in [2.24, 2.45) is 4.99 Å². The predicted molar refractivity (Wildman–Crippen MR) is 115 cm³/mol. The highest BCUT2D eigenvalue weighted by molar-refractivity contribution is 7.16. The highest BCUT2D eigenvalue weighted by Gasteiger charge is 2.18. The van der Waals surface area contributed by atoms with Crippen LogP contribution in [0.25, 0.3) is 10.2 Å². The third-order valence-electron chi connectivity index (χ3n) is 4.72. The molecule has 0 aliphatic heterocycles. The smallest absolute Gasteiger partial charge is 0.325 e. The van der Waals surface area contributed by atoms with Crippen molar-refractivity contribution >= 4 is 33.4 Å². The molecule has 158 valence electrons. The molecule has 0 fully saturated rings. The zero-order valence-corrected chi connectivity index (χ0v) is 18.4.